The van der Waals surface area contributed by atoms with Crippen LogP contribution in [0.4, 0.5) is 0 Å². The number of phenolic OH excluding ortho intramolecular Hbond substituents is 1. The normalized spacial score (nSPS) is 14.7. The van der Waals surface area contributed by atoms with Crippen molar-refractivity contribution in [3.8, 4) is 17.1 Å². The van der Waals surface area contributed by atoms with Gasteiger partial charge in [-0.05, 0) is 60.9 Å². The van der Waals surface area contributed by atoms with E-state index in [1.807, 2.05) is 13.0 Å². The number of hydrogen-bond donors (Lipinski definition) is 1. The standard InChI is InChI=1S/C23H24O3/c1-2-15-12-19-21(25)14-22(26-23(19)13-20(15)24)18-10-9-16-7-5-3-4-6-8-17(16)11-18/h9-14,24H,2-8H2,1H3. The monoisotopic (exact) mass is 348 g/mol. The molecule has 0 radical (unpaired) electrons. The van der Waals surface area contributed by atoms with Gasteiger partial charge in [0.05, 0.1) is 5.39 Å². The van der Waals surface area contributed by atoms with Gasteiger partial charge in [-0.2, -0.15) is 0 Å². The second-order valence-corrected chi connectivity index (χ2v) is 7.20. The first-order valence-corrected chi connectivity index (χ1v) is 9.57. The van der Waals surface area contributed by atoms with Crippen molar-refractivity contribution in [1.82, 2.24) is 0 Å². The molecule has 0 bridgehead atoms. The molecule has 0 spiro atoms. The van der Waals surface area contributed by atoms with Crippen LogP contribution in [0.25, 0.3) is 22.3 Å². The Morgan fingerprint density at radius 1 is 0.962 bits per heavy atom. The average molecular weight is 348 g/mol. The fourth-order valence-corrected chi connectivity index (χ4v) is 3.90. The van der Waals surface area contributed by atoms with E-state index in [9.17, 15) is 9.90 Å². The smallest absolute Gasteiger partial charge is 0.193 e. The van der Waals surface area contributed by atoms with Crippen molar-refractivity contribution in [3.05, 3.63) is 63.3 Å². The van der Waals surface area contributed by atoms with Gasteiger partial charge in [0.1, 0.15) is 17.1 Å². The Morgan fingerprint density at radius 3 is 2.50 bits per heavy atom. The van der Waals surface area contributed by atoms with Crippen molar-refractivity contribution in [2.45, 2.75) is 51.9 Å². The third-order valence-corrected chi connectivity index (χ3v) is 5.44. The zero-order valence-electron chi connectivity index (χ0n) is 15.2. The second-order valence-electron chi connectivity index (χ2n) is 7.20. The van der Waals surface area contributed by atoms with Gasteiger partial charge in [0.2, 0.25) is 0 Å². The molecule has 1 N–H and O–H groups in total. The lowest BCUT2D eigenvalue weighted by molar-refractivity contribution is 0.468. The van der Waals surface area contributed by atoms with Crippen LogP contribution in [0.5, 0.6) is 5.75 Å². The molecule has 1 aliphatic carbocycles. The van der Waals surface area contributed by atoms with Crippen molar-refractivity contribution in [1.29, 1.82) is 0 Å². The quantitative estimate of drug-likeness (QED) is 0.676. The maximum atomic E-state index is 12.6. The van der Waals surface area contributed by atoms with Crippen LogP contribution in [0.3, 0.4) is 0 Å². The predicted molar refractivity (Wildman–Crippen MR) is 105 cm³/mol. The third-order valence-electron chi connectivity index (χ3n) is 5.44. The van der Waals surface area contributed by atoms with E-state index in [1.54, 1.807) is 18.2 Å². The molecular formula is C23H24O3. The Hall–Kier alpha value is -2.55. The fraction of sp³-hybridized carbons (Fsp3) is 0.348. The summed E-state index contributed by atoms with van der Waals surface area (Å²) in [6, 6.07) is 11.3. The molecule has 134 valence electrons. The lowest BCUT2D eigenvalue weighted by atomic mass is 9.91. The predicted octanol–water partition coefficient (Wildman–Crippen LogP) is 5.39. The number of aryl methyl sites for hydroxylation is 3. The van der Waals surface area contributed by atoms with Gasteiger partial charge in [-0.25, -0.2) is 0 Å². The van der Waals surface area contributed by atoms with Crippen molar-refractivity contribution in [2.24, 2.45) is 0 Å². The highest BCUT2D eigenvalue weighted by Gasteiger charge is 2.13. The highest BCUT2D eigenvalue weighted by Crippen LogP contribution is 2.30. The Labute approximate surface area is 153 Å². The Balaban J connectivity index is 1.81. The van der Waals surface area contributed by atoms with Crippen LogP contribution >= 0.6 is 0 Å². The van der Waals surface area contributed by atoms with Crippen molar-refractivity contribution in [2.75, 3.05) is 0 Å². The minimum Gasteiger partial charge on any atom is -0.508 e. The molecule has 1 heterocycles. The van der Waals surface area contributed by atoms with Crippen LogP contribution in [0.2, 0.25) is 0 Å². The number of fused-ring (bicyclic) bond motifs is 2. The van der Waals surface area contributed by atoms with Gasteiger partial charge in [-0.15, -0.1) is 0 Å². The van der Waals surface area contributed by atoms with E-state index in [0.29, 0.717) is 23.2 Å². The summed E-state index contributed by atoms with van der Waals surface area (Å²) >= 11 is 0. The van der Waals surface area contributed by atoms with E-state index < -0.39 is 0 Å². The number of hydrogen-bond acceptors (Lipinski definition) is 3. The minimum absolute atomic E-state index is 0.0670. The van der Waals surface area contributed by atoms with E-state index in [-0.39, 0.29) is 11.2 Å². The van der Waals surface area contributed by atoms with Crippen molar-refractivity contribution in [3.63, 3.8) is 0 Å². The summed E-state index contributed by atoms with van der Waals surface area (Å²) in [7, 11) is 0. The van der Waals surface area contributed by atoms with Gasteiger partial charge in [0, 0.05) is 17.7 Å². The van der Waals surface area contributed by atoms with Crippen LogP contribution in [-0.4, -0.2) is 5.11 Å². The molecule has 0 unspecified atom stereocenters. The zero-order valence-corrected chi connectivity index (χ0v) is 15.2. The van der Waals surface area contributed by atoms with Crippen LogP contribution in [-0.2, 0) is 19.3 Å². The topological polar surface area (TPSA) is 50.4 Å². The lowest BCUT2D eigenvalue weighted by Crippen LogP contribution is -2.03. The van der Waals surface area contributed by atoms with Crippen LogP contribution in [0.15, 0.2) is 45.6 Å². The molecule has 3 nitrogen and oxygen atoms in total. The van der Waals surface area contributed by atoms with E-state index in [0.717, 1.165) is 24.0 Å². The summed E-state index contributed by atoms with van der Waals surface area (Å²) in [5.74, 6) is 0.745. The Bertz CT molecular complexity index is 1010. The molecule has 0 atom stereocenters. The molecule has 3 aromatic rings. The molecule has 4 rings (SSSR count). The van der Waals surface area contributed by atoms with Crippen molar-refractivity contribution >= 4 is 11.0 Å². The highest BCUT2D eigenvalue weighted by atomic mass is 16.3. The molecule has 2 aromatic carbocycles. The van der Waals surface area contributed by atoms with Crippen LogP contribution < -0.4 is 5.43 Å². The maximum absolute atomic E-state index is 12.6. The number of aromatic hydroxyl groups is 1. The number of benzene rings is 2. The maximum Gasteiger partial charge on any atom is 0.193 e. The molecular weight excluding hydrogens is 324 g/mol. The summed E-state index contributed by atoms with van der Waals surface area (Å²) in [5, 5.41) is 10.6. The molecule has 0 saturated carbocycles. The van der Waals surface area contributed by atoms with Gasteiger partial charge in [0.15, 0.2) is 5.43 Å². The molecule has 0 saturated heterocycles. The largest absolute Gasteiger partial charge is 0.508 e. The zero-order chi connectivity index (χ0) is 18.1. The van der Waals surface area contributed by atoms with E-state index in [4.69, 9.17) is 4.42 Å². The summed E-state index contributed by atoms with van der Waals surface area (Å²) in [4.78, 5) is 12.6. The molecule has 26 heavy (non-hydrogen) atoms. The summed E-state index contributed by atoms with van der Waals surface area (Å²) in [5.41, 5.74) is 4.86. The van der Waals surface area contributed by atoms with E-state index in [2.05, 4.69) is 12.1 Å². The first-order chi connectivity index (χ1) is 12.7. The molecule has 0 amide bonds. The molecule has 0 aliphatic heterocycles. The van der Waals surface area contributed by atoms with Gasteiger partial charge < -0.3 is 9.52 Å². The van der Waals surface area contributed by atoms with Gasteiger partial charge in [-0.3, -0.25) is 4.79 Å². The van der Waals surface area contributed by atoms with E-state index >= 15 is 0 Å². The van der Waals surface area contributed by atoms with Gasteiger partial charge >= 0.3 is 0 Å². The van der Waals surface area contributed by atoms with Crippen LogP contribution in [0, 0.1) is 0 Å². The lowest BCUT2D eigenvalue weighted by Gasteiger charge is -2.15. The number of rotatable bonds is 2. The first-order valence-electron chi connectivity index (χ1n) is 9.57. The summed E-state index contributed by atoms with van der Waals surface area (Å²) in [6.45, 7) is 1.95. The SMILES string of the molecule is CCc1cc2c(=O)cc(-c3ccc4c(c3)CCCCCC4)oc2cc1O. The summed E-state index contributed by atoms with van der Waals surface area (Å²) < 4.78 is 6.00. The Morgan fingerprint density at radius 2 is 1.73 bits per heavy atom. The number of phenols is 1. The van der Waals surface area contributed by atoms with Gasteiger partial charge in [0.25, 0.3) is 0 Å². The first kappa shape index (κ1) is 16.9. The van der Waals surface area contributed by atoms with Gasteiger partial charge in [-0.1, -0.05) is 31.9 Å². The minimum atomic E-state index is -0.0670. The van der Waals surface area contributed by atoms with Crippen LogP contribution in [0.1, 0.15) is 49.3 Å². The van der Waals surface area contributed by atoms with Crippen molar-refractivity contribution < 1.29 is 9.52 Å². The average Bonchev–Trinajstić information content (AvgIpc) is 2.61. The van der Waals surface area contributed by atoms with E-state index in [1.165, 1.54) is 36.8 Å². The Kier molecular flexibility index (Phi) is 4.54. The fourth-order valence-electron chi connectivity index (χ4n) is 3.90. The third kappa shape index (κ3) is 3.14. The molecule has 1 aromatic heterocycles. The summed E-state index contributed by atoms with van der Waals surface area (Å²) in [6.07, 6.45) is 7.94. The molecule has 0 fully saturated rings. The highest BCUT2D eigenvalue weighted by molar-refractivity contribution is 5.81. The molecule has 3 heteroatoms. The molecule has 1 aliphatic rings. The second kappa shape index (κ2) is 6.99.